The van der Waals surface area contributed by atoms with Gasteiger partial charge in [-0.15, -0.1) is 23.1 Å². The number of para-hydroxylation sites is 1. The predicted molar refractivity (Wildman–Crippen MR) is 115 cm³/mol. The lowest BCUT2D eigenvalue weighted by Crippen LogP contribution is -2.45. The van der Waals surface area contributed by atoms with Gasteiger partial charge in [-0.1, -0.05) is 58.0 Å². The number of nitrogens with one attached hydrogen (secondary N) is 1. The first-order chi connectivity index (χ1) is 13.1. The third-order valence-corrected chi connectivity index (χ3v) is 7.98. The molecule has 2 heterocycles. The fourth-order valence-electron chi connectivity index (χ4n) is 2.66. The number of thiazole rings is 1. The molecule has 0 bridgehead atoms. The van der Waals surface area contributed by atoms with Crippen molar-refractivity contribution >= 4 is 72.8 Å². The Kier molecular flexibility index (Phi) is 5.72. The first-order valence-corrected chi connectivity index (χ1v) is 11.7. The van der Waals surface area contributed by atoms with Gasteiger partial charge >= 0.3 is 0 Å². The van der Waals surface area contributed by atoms with Crippen molar-refractivity contribution in [1.29, 1.82) is 0 Å². The molecule has 1 atom stereocenters. The first-order valence-electron chi connectivity index (χ1n) is 8.08. The lowest BCUT2D eigenvalue weighted by atomic mass is 10.2. The van der Waals surface area contributed by atoms with Gasteiger partial charge in [0.15, 0.2) is 4.34 Å². The van der Waals surface area contributed by atoms with Crippen LogP contribution in [-0.2, 0) is 9.59 Å². The molecule has 2 aromatic carbocycles. The second-order valence-electron chi connectivity index (χ2n) is 5.72. The van der Waals surface area contributed by atoms with Crippen LogP contribution in [0.15, 0.2) is 57.3 Å². The topological polar surface area (TPSA) is 62.3 Å². The number of halogens is 1. The van der Waals surface area contributed by atoms with Gasteiger partial charge in [0.05, 0.1) is 21.7 Å². The molecule has 1 saturated heterocycles. The lowest BCUT2D eigenvalue weighted by molar-refractivity contribution is -0.138. The van der Waals surface area contributed by atoms with Gasteiger partial charge < -0.3 is 0 Å². The summed E-state index contributed by atoms with van der Waals surface area (Å²) in [7, 11) is 0. The van der Waals surface area contributed by atoms with Crippen LogP contribution in [-0.4, -0.2) is 33.3 Å². The maximum absolute atomic E-state index is 12.4. The average molecular weight is 480 g/mol. The van der Waals surface area contributed by atoms with E-state index in [4.69, 9.17) is 0 Å². The highest BCUT2D eigenvalue weighted by atomic mass is 79.9. The van der Waals surface area contributed by atoms with E-state index in [-0.39, 0.29) is 22.9 Å². The largest absolute Gasteiger partial charge is 0.272 e. The summed E-state index contributed by atoms with van der Waals surface area (Å²) in [5, 5.41) is 1.20. The molecule has 1 aliphatic heterocycles. The van der Waals surface area contributed by atoms with Crippen LogP contribution in [0.1, 0.15) is 10.9 Å². The number of benzene rings is 2. The number of nitrogens with zero attached hydrogens (tertiary/aromatic N) is 2. The number of hydrazine groups is 1. The number of aromatic nitrogens is 1. The zero-order valence-corrected chi connectivity index (χ0v) is 18.0. The normalized spacial score (nSPS) is 16.9. The van der Waals surface area contributed by atoms with E-state index < -0.39 is 0 Å². The average Bonchev–Trinajstić information content (AvgIpc) is 3.24. The maximum atomic E-state index is 12.4. The fourth-order valence-corrected chi connectivity index (χ4v) is 6.31. The highest BCUT2D eigenvalue weighted by molar-refractivity contribution is 9.10. The number of carbonyl (C=O) groups is 2. The third-order valence-electron chi connectivity index (χ3n) is 3.89. The fraction of sp³-hybridized carbons (Fsp3) is 0.167. The highest BCUT2D eigenvalue weighted by Gasteiger charge is 2.35. The molecule has 0 spiro atoms. The summed E-state index contributed by atoms with van der Waals surface area (Å²) in [5.74, 6) is 0.236. The van der Waals surface area contributed by atoms with E-state index in [0.29, 0.717) is 5.75 Å². The van der Waals surface area contributed by atoms with E-state index in [1.165, 1.54) is 28.5 Å². The van der Waals surface area contributed by atoms with Crippen molar-refractivity contribution in [2.45, 2.75) is 9.71 Å². The minimum Gasteiger partial charge on any atom is -0.272 e. The van der Waals surface area contributed by atoms with Crippen LogP contribution in [0.3, 0.4) is 0 Å². The van der Waals surface area contributed by atoms with Gasteiger partial charge in [0.25, 0.3) is 5.91 Å². The van der Waals surface area contributed by atoms with Crippen LogP contribution < -0.4 is 5.43 Å². The van der Waals surface area contributed by atoms with Crippen LogP contribution in [0.4, 0.5) is 0 Å². The summed E-state index contributed by atoms with van der Waals surface area (Å²) in [6, 6.07) is 15.6. The van der Waals surface area contributed by atoms with E-state index >= 15 is 0 Å². The van der Waals surface area contributed by atoms with Crippen LogP contribution in [0.25, 0.3) is 10.2 Å². The van der Waals surface area contributed by atoms with Crippen molar-refractivity contribution in [1.82, 2.24) is 15.4 Å². The Labute approximate surface area is 177 Å². The molecular weight excluding hydrogens is 466 g/mol. The molecule has 1 aromatic heterocycles. The van der Waals surface area contributed by atoms with Crippen molar-refractivity contribution in [3.8, 4) is 0 Å². The molecule has 0 saturated carbocycles. The molecule has 5 nitrogen and oxygen atoms in total. The van der Waals surface area contributed by atoms with Crippen LogP contribution >= 0.6 is 50.8 Å². The Morgan fingerprint density at radius 3 is 2.85 bits per heavy atom. The molecule has 138 valence electrons. The van der Waals surface area contributed by atoms with Gasteiger partial charge in [-0.05, 0) is 18.2 Å². The van der Waals surface area contributed by atoms with Gasteiger partial charge in [0.1, 0.15) is 5.37 Å². The summed E-state index contributed by atoms with van der Waals surface area (Å²) < 4.78 is 2.86. The lowest BCUT2D eigenvalue weighted by Gasteiger charge is -2.25. The summed E-state index contributed by atoms with van der Waals surface area (Å²) in [4.78, 5) is 29.2. The van der Waals surface area contributed by atoms with Crippen molar-refractivity contribution in [3.63, 3.8) is 0 Å². The summed E-state index contributed by atoms with van der Waals surface area (Å²) in [6.07, 6.45) is 0. The molecule has 1 N–H and O–H groups in total. The van der Waals surface area contributed by atoms with E-state index in [1.54, 1.807) is 11.3 Å². The van der Waals surface area contributed by atoms with Gasteiger partial charge in [0.2, 0.25) is 5.91 Å². The number of amides is 2. The SMILES string of the molecule is O=C(CSc1nc2ccccc2s1)NN1C(=O)CSC1c1ccccc1Br. The zero-order valence-electron chi connectivity index (χ0n) is 13.9. The second-order valence-corrected chi connectivity index (χ2v) is 9.90. The van der Waals surface area contributed by atoms with Gasteiger partial charge in [0, 0.05) is 10.0 Å². The third kappa shape index (κ3) is 4.16. The van der Waals surface area contributed by atoms with Crippen LogP contribution in [0, 0.1) is 0 Å². The van der Waals surface area contributed by atoms with Gasteiger partial charge in [-0.25, -0.2) is 9.99 Å². The number of hydrogen-bond donors (Lipinski definition) is 1. The Morgan fingerprint density at radius 1 is 1.26 bits per heavy atom. The molecule has 2 amide bonds. The zero-order chi connectivity index (χ0) is 18.8. The Hall–Kier alpha value is -1.55. The molecule has 1 fully saturated rings. The van der Waals surface area contributed by atoms with E-state index in [2.05, 4.69) is 26.3 Å². The Balaban J connectivity index is 1.41. The van der Waals surface area contributed by atoms with Crippen LogP contribution in [0.2, 0.25) is 0 Å². The number of thioether (sulfide) groups is 2. The van der Waals surface area contributed by atoms with Gasteiger partial charge in [-0.2, -0.15) is 0 Å². The number of rotatable bonds is 5. The number of fused-ring (bicyclic) bond motifs is 1. The van der Waals surface area contributed by atoms with Crippen molar-refractivity contribution in [3.05, 3.63) is 58.6 Å². The number of hydrogen-bond acceptors (Lipinski definition) is 6. The molecule has 0 aliphatic carbocycles. The Morgan fingerprint density at radius 2 is 2.04 bits per heavy atom. The molecule has 27 heavy (non-hydrogen) atoms. The molecule has 1 unspecified atom stereocenters. The molecule has 9 heteroatoms. The monoisotopic (exact) mass is 479 g/mol. The van der Waals surface area contributed by atoms with Crippen molar-refractivity contribution in [2.24, 2.45) is 0 Å². The summed E-state index contributed by atoms with van der Waals surface area (Å²) in [5.41, 5.74) is 4.67. The van der Waals surface area contributed by atoms with E-state index in [0.717, 1.165) is 24.6 Å². The molecule has 1 aliphatic rings. The van der Waals surface area contributed by atoms with Crippen molar-refractivity contribution in [2.75, 3.05) is 11.5 Å². The minimum atomic E-state index is -0.232. The minimum absolute atomic E-state index is 0.0981. The highest BCUT2D eigenvalue weighted by Crippen LogP contribution is 2.40. The summed E-state index contributed by atoms with van der Waals surface area (Å²) >= 11 is 7.97. The van der Waals surface area contributed by atoms with Gasteiger partial charge in [-0.3, -0.25) is 15.0 Å². The molecular formula is C18H14BrN3O2S3. The van der Waals surface area contributed by atoms with Crippen LogP contribution in [0.5, 0.6) is 0 Å². The quantitative estimate of drug-likeness (QED) is 0.547. The van der Waals surface area contributed by atoms with Crippen molar-refractivity contribution < 1.29 is 9.59 Å². The first kappa shape index (κ1) is 18.8. The summed E-state index contributed by atoms with van der Waals surface area (Å²) in [6.45, 7) is 0. The maximum Gasteiger partial charge on any atom is 0.252 e. The Bertz CT molecular complexity index is 977. The molecule has 4 rings (SSSR count). The van der Waals surface area contributed by atoms with E-state index in [9.17, 15) is 9.59 Å². The van der Waals surface area contributed by atoms with E-state index in [1.807, 2.05) is 48.5 Å². The second kappa shape index (κ2) is 8.22. The molecule has 3 aromatic rings. The standard InChI is InChI=1S/C18H14BrN3O2S3/c19-12-6-2-1-5-11(12)17-22(16(24)10-25-17)21-15(23)9-26-18-20-13-7-3-4-8-14(13)27-18/h1-8,17H,9-10H2,(H,21,23). The smallest absolute Gasteiger partial charge is 0.252 e. The predicted octanol–water partition coefficient (Wildman–Crippen LogP) is 4.46. The number of carbonyl (C=O) groups excluding carboxylic acids is 2. The molecule has 0 radical (unpaired) electrons.